The van der Waals surface area contributed by atoms with Crippen LogP contribution in [0.2, 0.25) is 0 Å². The van der Waals surface area contributed by atoms with Crippen LogP contribution in [0.1, 0.15) is 36.9 Å². The van der Waals surface area contributed by atoms with E-state index in [-0.39, 0.29) is 0 Å². The third-order valence-electron chi connectivity index (χ3n) is 4.93. The predicted octanol–water partition coefficient (Wildman–Crippen LogP) is 4.34. The van der Waals surface area contributed by atoms with Crippen LogP contribution in [0.5, 0.6) is 0 Å². The molecular weight excluding hydrogens is 304 g/mol. The van der Waals surface area contributed by atoms with Crippen molar-refractivity contribution in [2.75, 3.05) is 6.61 Å². The van der Waals surface area contributed by atoms with Gasteiger partial charge in [-0.05, 0) is 38.5 Å². The van der Waals surface area contributed by atoms with Gasteiger partial charge in [-0.25, -0.2) is 4.98 Å². The zero-order valence-electron chi connectivity index (χ0n) is 13.3. The number of rotatable bonds is 3. The third-order valence-corrected chi connectivity index (χ3v) is 5.27. The first-order chi connectivity index (χ1) is 11.3. The summed E-state index contributed by atoms with van der Waals surface area (Å²) in [6.07, 6.45) is 7.27. The molecule has 0 amide bonds. The van der Waals surface area contributed by atoms with Crippen molar-refractivity contribution in [1.29, 1.82) is 0 Å². The molecule has 4 heteroatoms. The van der Waals surface area contributed by atoms with E-state index < -0.39 is 0 Å². The van der Waals surface area contributed by atoms with E-state index >= 15 is 0 Å². The van der Waals surface area contributed by atoms with Crippen LogP contribution in [-0.2, 0) is 24.1 Å². The van der Waals surface area contributed by atoms with Crippen molar-refractivity contribution in [2.24, 2.45) is 0 Å². The first-order valence-electron chi connectivity index (χ1n) is 8.62. The largest absolute Gasteiger partial charge is 0.376 e. The molecule has 4 rings (SSSR count). The Hall–Kier alpha value is -1.52. The Morgan fingerprint density at radius 2 is 1.96 bits per heavy atom. The molecule has 1 aromatic heterocycles. The quantitative estimate of drug-likeness (QED) is 0.785. The number of hydrogen-bond donors (Lipinski definition) is 0. The van der Waals surface area contributed by atoms with Crippen LogP contribution >= 0.6 is 12.2 Å². The van der Waals surface area contributed by atoms with Crippen molar-refractivity contribution >= 4 is 12.2 Å². The lowest BCUT2D eigenvalue weighted by atomic mass is 9.96. The topological polar surface area (TPSA) is 27.1 Å². The minimum Gasteiger partial charge on any atom is -0.376 e. The average molecular weight is 326 g/mol. The Balaban J connectivity index is 1.86. The van der Waals surface area contributed by atoms with E-state index in [0.29, 0.717) is 6.10 Å². The van der Waals surface area contributed by atoms with Crippen LogP contribution < -0.4 is 0 Å². The lowest BCUT2D eigenvalue weighted by Gasteiger charge is -2.26. The van der Waals surface area contributed by atoms with Crippen LogP contribution in [0, 0.1) is 4.64 Å². The summed E-state index contributed by atoms with van der Waals surface area (Å²) in [6, 6.07) is 10.4. The van der Waals surface area contributed by atoms with Gasteiger partial charge >= 0.3 is 0 Å². The molecule has 1 aromatic carbocycles. The molecule has 1 atom stereocenters. The molecule has 2 aromatic rings. The van der Waals surface area contributed by atoms with Crippen molar-refractivity contribution in [3.63, 3.8) is 0 Å². The van der Waals surface area contributed by atoms with Gasteiger partial charge in [0.05, 0.1) is 12.6 Å². The fourth-order valence-corrected chi connectivity index (χ4v) is 4.07. The lowest BCUT2D eigenvalue weighted by molar-refractivity contribution is 0.0961. The maximum Gasteiger partial charge on any atom is 0.141 e. The van der Waals surface area contributed by atoms with E-state index in [1.165, 1.54) is 30.5 Å². The van der Waals surface area contributed by atoms with Crippen molar-refractivity contribution in [1.82, 2.24) is 9.55 Å². The maximum absolute atomic E-state index is 5.89. The highest BCUT2D eigenvalue weighted by atomic mass is 32.1. The Kier molecular flexibility index (Phi) is 4.27. The second kappa shape index (κ2) is 6.54. The zero-order valence-corrected chi connectivity index (χ0v) is 14.1. The molecule has 0 radical (unpaired) electrons. The molecule has 2 aliphatic rings. The molecule has 0 bridgehead atoms. The molecule has 2 heterocycles. The molecule has 120 valence electrons. The highest BCUT2D eigenvalue weighted by Gasteiger charge is 2.23. The monoisotopic (exact) mass is 326 g/mol. The molecule has 1 aliphatic carbocycles. The first kappa shape index (κ1) is 15.0. The van der Waals surface area contributed by atoms with E-state index in [1.807, 2.05) is 6.07 Å². The molecule has 1 fully saturated rings. The third kappa shape index (κ3) is 2.98. The van der Waals surface area contributed by atoms with Gasteiger partial charge in [-0.15, -0.1) is 0 Å². The van der Waals surface area contributed by atoms with E-state index in [2.05, 4.69) is 28.8 Å². The van der Waals surface area contributed by atoms with E-state index in [4.69, 9.17) is 21.9 Å². The number of nitrogens with zero attached hydrogens (tertiary/aromatic N) is 2. The summed E-state index contributed by atoms with van der Waals surface area (Å²) in [7, 11) is 0. The van der Waals surface area contributed by atoms with Gasteiger partial charge in [0.2, 0.25) is 0 Å². The van der Waals surface area contributed by atoms with Gasteiger partial charge in [-0.3, -0.25) is 0 Å². The second-order valence-electron chi connectivity index (χ2n) is 6.48. The molecule has 3 nitrogen and oxygen atoms in total. The van der Waals surface area contributed by atoms with Crippen molar-refractivity contribution in [2.45, 2.75) is 51.2 Å². The van der Waals surface area contributed by atoms with Gasteiger partial charge < -0.3 is 9.30 Å². The van der Waals surface area contributed by atoms with Gasteiger partial charge in [0.15, 0.2) is 0 Å². The first-order valence-corrected chi connectivity index (χ1v) is 9.03. The maximum atomic E-state index is 5.89. The van der Waals surface area contributed by atoms with Crippen molar-refractivity contribution in [3.05, 3.63) is 46.2 Å². The summed E-state index contributed by atoms with van der Waals surface area (Å²) in [6.45, 7) is 1.79. The summed E-state index contributed by atoms with van der Waals surface area (Å²) in [5.74, 6) is 1.01. The zero-order chi connectivity index (χ0) is 15.6. The van der Waals surface area contributed by atoms with Crippen molar-refractivity contribution in [3.8, 4) is 11.4 Å². The standard InChI is InChI=1S/C19H22N2OS/c23-19-16-10-4-5-11-17(16)21(13-15-9-6-12-22-15)18(20-19)14-7-2-1-3-8-14/h1-3,7-8,15H,4-6,9-13H2/t15-/m0/s1. The Morgan fingerprint density at radius 3 is 2.74 bits per heavy atom. The van der Waals surface area contributed by atoms with Gasteiger partial charge in [0, 0.05) is 23.4 Å². The normalized spacial score (nSPS) is 20.4. The fraction of sp³-hybridized carbons (Fsp3) is 0.474. The number of hydrogen-bond acceptors (Lipinski definition) is 3. The smallest absolute Gasteiger partial charge is 0.141 e. The van der Waals surface area contributed by atoms with Crippen LogP contribution in [0.4, 0.5) is 0 Å². The van der Waals surface area contributed by atoms with E-state index in [1.54, 1.807) is 0 Å². The van der Waals surface area contributed by atoms with Gasteiger partial charge in [-0.1, -0.05) is 42.5 Å². The van der Waals surface area contributed by atoms with Crippen LogP contribution in [0.15, 0.2) is 30.3 Å². The highest BCUT2D eigenvalue weighted by Crippen LogP contribution is 2.28. The number of benzene rings is 1. The van der Waals surface area contributed by atoms with Crippen LogP contribution in [0.3, 0.4) is 0 Å². The summed E-state index contributed by atoms with van der Waals surface area (Å²) in [4.78, 5) is 4.82. The molecule has 0 saturated carbocycles. The van der Waals surface area contributed by atoms with Crippen LogP contribution in [-0.4, -0.2) is 22.3 Å². The minimum atomic E-state index is 0.311. The molecule has 1 aliphatic heterocycles. The number of aromatic nitrogens is 2. The minimum absolute atomic E-state index is 0.311. The summed E-state index contributed by atoms with van der Waals surface area (Å²) in [5, 5.41) is 0. The van der Waals surface area contributed by atoms with Gasteiger partial charge in [0.1, 0.15) is 10.5 Å². The summed E-state index contributed by atoms with van der Waals surface area (Å²) >= 11 is 5.61. The average Bonchev–Trinajstić information content (AvgIpc) is 3.11. The highest BCUT2D eigenvalue weighted by molar-refractivity contribution is 7.71. The van der Waals surface area contributed by atoms with Gasteiger partial charge in [-0.2, -0.15) is 0 Å². The molecule has 0 unspecified atom stereocenters. The summed E-state index contributed by atoms with van der Waals surface area (Å²) in [5.41, 5.74) is 3.83. The Morgan fingerprint density at radius 1 is 1.13 bits per heavy atom. The molecule has 0 N–H and O–H groups in total. The van der Waals surface area contributed by atoms with Gasteiger partial charge in [0.25, 0.3) is 0 Å². The second-order valence-corrected chi connectivity index (χ2v) is 6.87. The molecule has 0 spiro atoms. The molecular formula is C19H22N2OS. The van der Waals surface area contributed by atoms with E-state index in [9.17, 15) is 0 Å². The summed E-state index contributed by atoms with van der Waals surface area (Å²) < 4.78 is 9.09. The fourth-order valence-electron chi connectivity index (χ4n) is 3.77. The Labute approximate surface area is 142 Å². The van der Waals surface area contributed by atoms with E-state index in [0.717, 1.165) is 48.4 Å². The van der Waals surface area contributed by atoms with Crippen LogP contribution in [0.25, 0.3) is 11.4 Å². The number of fused-ring (bicyclic) bond motifs is 1. The molecule has 1 saturated heterocycles. The number of ether oxygens (including phenoxy) is 1. The predicted molar refractivity (Wildman–Crippen MR) is 94.1 cm³/mol. The molecule has 23 heavy (non-hydrogen) atoms. The SMILES string of the molecule is S=c1nc(-c2ccccc2)n(C[C@@H]2CCCO2)c2c1CCCC2. The lowest BCUT2D eigenvalue weighted by Crippen LogP contribution is -2.24. The Bertz CT molecular complexity index is 748. The van der Waals surface area contributed by atoms with Crippen molar-refractivity contribution < 1.29 is 4.74 Å².